The van der Waals surface area contributed by atoms with Crippen molar-refractivity contribution in [1.29, 1.82) is 0 Å². The summed E-state index contributed by atoms with van der Waals surface area (Å²) in [5.41, 5.74) is 5.02. The van der Waals surface area contributed by atoms with Gasteiger partial charge in [0.05, 0.1) is 12.6 Å². The first-order valence-corrected chi connectivity index (χ1v) is 9.09. The lowest BCUT2D eigenvalue weighted by Gasteiger charge is -2.10. The molecule has 1 fully saturated rings. The predicted octanol–water partition coefficient (Wildman–Crippen LogP) is 3.34. The van der Waals surface area contributed by atoms with E-state index in [9.17, 15) is 4.79 Å². The van der Waals surface area contributed by atoms with Gasteiger partial charge < -0.3 is 10.6 Å². The molecule has 7 heteroatoms. The summed E-state index contributed by atoms with van der Waals surface area (Å²) in [7, 11) is 0. The predicted molar refractivity (Wildman–Crippen MR) is 105 cm³/mol. The van der Waals surface area contributed by atoms with E-state index in [4.69, 9.17) is 0 Å². The highest BCUT2D eigenvalue weighted by molar-refractivity contribution is 5.93. The topological polar surface area (TPSA) is 84.7 Å². The molecule has 4 rings (SSSR count). The molecule has 7 nitrogen and oxygen atoms in total. The summed E-state index contributed by atoms with van der Waals surface area (Å²) in [6, 6.07) is 14.1. The number of anilines is 2. The van der Waals surface area contributed by atoms with E-state index in [0.717, 1.165) is 41.2 Å². The number of carbonyl (C=O) groups excluding carboxylic acids is 1. The maximum absolute atomic E-state index is 12.2. The number of rotatable bonds is 6. The lowest BCUT2D eigenvalue weighted by Crippen LogP contribution is -2.21. The van der Waals surface area contributed by atoms with Gasteiger partial charge in [0, 0.05) is 16.9 Å². The third kappa shape index (κ3) is 3.97. The van der Waals surface area contributed by atoms with Crippen LogP contribution in [0.4, 0.5) is 11.4 Å². The van der Waals surface area contributed by atoms with E-state index in [2.05, 4.69) is 33.1 Å². The van der Waals surface area contributed by atoms with Crippen molar-refractivity contribution in [3.8, 4) is 11.4 Å². The van der Waals surface area contributed by atoms with Crippen LogP contribution in [0, 0.1) is 13.8 Å². The van der Waals surface area contributed by atoms with Crippen LogP contribution in [0.25, 0.3) is 11.4 Å². The summed E-state index contributed by atoms with van der Waals surface area (Å²) in [6.45, 7) is 4.28. The monoisotopic (exact) mass is 362 g/mol. The molecule has 1 heterocycles. The molecule has 3 aromatic rings. The van der Waals surface area contributed by atoms with Crippen LogP contribution < -0.4 is 10.6 Å². The molecule has 0 bridgehead atoms. The molecule has 2 N–H and O–H groups in total. The van der Waals surface area contributed by atoms with E-state index in [1.165, 1.54) is 5.56 Å². The van der Waals surface area contributed by atoms with Crippen LogP contribution in [-0.4, -0.2) is 32.7 Å². The number of tetrazole rings is 1. The molecule has 2 aromatic carbocycles. The second-order valence-electron chi connectivity index (χ2n) is 6.96. The molecule has 0 saturated heterocycles. The Balaban J connectivity index is 1.35. The number of aromatic nitrogens is 4. The van der Waals surface area contributed by atoms with Gasteiger partial charge in [-0.25, -0.2) is 4.68 Å². The number of nitrogens with one attached hydrogen (secondary N) is 2. The summed E-state index contributed by atoms with van der Waals surface area (Å²) in [4.78, 5) is 12.2. The van der Waals surface area contributed by atoms with Gasteiger partial charge in [-0.2, -0.15) is 0 Å². The number of hydrogen-bond acceptors (Lipinski definition) is 5. The molecule has 1 aromatic heterocycles. The Morgan fingerprint density at radius 3 is 2.52 bits per heavy atom. The average Bonchev–Trinajstić information content (AvgIpc) is 3.40. The molecule has 1 aliphatic rings. The van der Waals surface area contributed by atoms with Crippen molar-refractivity contribution in [3.05, 3.63) is 53.6 Å². The molecule has 0 radical (unpaired) electrons. The molecule has 1 aliphatic carbocycles. The summed E-state index contributed by atoms with van der Waals surface area (Å²) in [5.74, 6) is 0.705. The van der Waals surface area contributed by atoms with Crippen molar-refractivity contribution >= 4 is 17.3 Å². The van der Waals surface area contributed by atoms with Crippen LogP contribution in [0.15, 0.2) is 42.5 Å². The van der Waals surface area contributed by atoms with Gasteiger partial charge in [-0.1, -0.05) is 6.07 Å². The Kier molecular flexibility index (Phi) is 4.58. The zero-order chi connectivity index (χ0) is 18.8. The van der Waals surface area contributed by atoms with Crippen LogP contribution in [0.3, 0.4) is 0 Å². The maximum Gasteiger partial charge on any atom is 0.243 e. The van der Waals surface area contributed by atoms with E-state index in [0.29, 0.717) is 6.04 Å². The summed E-state index contributed by atoms with van der Waals surface area (Å²) < 4.78 is 1.89. The molecule has 1 amide bonds. The van der Waals surface area contributed by atoms with E-state index < -0.39 is 0 Å². The maximum atomic E-state index is 12.2. The Hall–Kier alpha value is -3.22. The van der Waals surface area contributed by atoms with Crippen molar-refractivity contribution < 1.29 is 4.79 Å². The highest BCUT2D eigenvalue weighted by Crippen LogP contribution is 2.36. The molecule has 27 heavy (non-hydrogen) atoms. The fourth-order valence-corrected chi connectivity index (χ4v) is 2.89. The molecule has 1 saturated carbocycles. The minimum absolute atomic E-state index is 0.0833. The normalized spacial score (nSPS) is 13.4. The second kappa shape index (κ2) is 7.19. The van der Waals surface area contributed by atoms with Gasteiger partial charge in [0.25, 0.3) is 0 Å². The van der Waals surface area contributed by atoms with Crippen LogP contribution >= 0.6 is 0 Å². The fourth-order valence-electron chi connectivity index (χ4n) is 2.89. The molecule has 0 spiro atoms. The zero-order valence-corrected chi connectivity index (χ0v) is 15.4. The number of carbonyl (C=O) groups is 1. The van der Waals surface area contributed by atoms with Crippen molar-refractivity contribution in [2.75, 3.05) is 17.2 Å². The quantitative estimate of drug-likeness (QED) is 0.702. The van der Waals surface area contributed by atoms with Gasteiger partial charge in [0.2, 0.25) is 5.91 Å². The molecule has 0 atom stereocenters. The summed E-state index contributed by atoms with van der Waals surface area (Å²) >= 11 is 0. The van der Waals surface area contributed by atoms with Gasteiger partial charge in [-0.3, -0.25) is 4.79 Å². The van der Waals surface area contributed by atoms with Crippen LogP contribution in [-0.2, 0) is 4.79 Å². The number of nitrogens with zero attached hydrogens (tertiary/aromatic N) is 4. The first kappa shape index (κ1) is 17.2. The highest BCUT2D eigenvalue weighted by Gasteiger charge is 2.28. The third-order valence-electron chi connectivity index (χ3n) is 4.77. The minimum atomic E-state index is -0.0833. The molecular weight excluding hydrogens is 340 g/mol. The molecule has 0 unspecified atom stereocenters. The van der Waals surface area contributed by atoms with E-state index in [1.54, 1.807) is 0 Å². The lowest BCUT2D eigenvalue weighted by atomic mass is 10.1. The van der Waals surface area contributed by atoms with Crippen LogP contribution in [0.2, 0.25) is 0 Å². The Morgan fingerprint density at radius 1 is 1.07 bits per heavy atom. The molecule has 138 valence electrons. The number of benzene rings is 2. The Bertz CT molecular complexity index is 959. The zero-order valence-electron chi connectivity index (χ0n) is 15.4. The Labute approximate surface area is 157 Å². The third-order valence-corrected chi connectivity index (χ3v) is 4.77. The summed E-state index contributed by atoms with van der Waals surface area (Å²) in [6.07, 6.45) is 2.26. The Morgan fingerprint density at radius 2 is 1.81 bits per heavy atom. The number of hydrogen-bond donors (Lipinski definition) is 2. The lowest BCUT2D eigenvalue weighted by molar-refractivity contribution is -0.114. The van der Waals surface area contributed by atoms with Crippen molar-refractivity contribution in [2.24, 2.45) is 0 Å². The first-order chi connectivity index (χ1) is 13.1. The SMILES string of the molecule is Cc1ccc(NC(=O)CNc2ccc(-c3nnnn3C3CC3)cc2)cc1C. The van der Waals surface area contributed by atoms with E-state index >= 15 is 0 Å². The van der Waals surface area contributed by atoms with Gasteiger partial charge in [0.15, 0.2) is 5.82 Å². The van der Waals surface area contributed by atoms with Crippen molar-refractivity contribution in [2.45, 2.75) is 32.7 Å². The van der Waals surface area contributed by atoms with Gasteiger partial charge in [0.1, 0.15) is 0 Å². The molecular formula is C20H22N6O. The number of aryl methyl sites for hydroxylation is 2. The smallest absolute Gasteiger partial charge is 0.243 e. The minimum Gasteiger partial charge on any atom is -0.376 e. The van der Waals surface area contributed by atoms with Crippen LogP contribution in [0.1, 0.15) is 30.0 Å². The highest BCUT2D eigenvalue weighted by atomic mass is 16.1. The van der Waals surface area contributed by atoms with Gasteiger partial charge >= 0.3 is 0 Å². The van der Waals surface area contributed by atoms with Gasteiger partial charge in [-0.05, 0) is 84.6 Å². The van der Waals surface area contributed by atoms with Crippen molar-refractivity contribution in [3.63, 3.8) is 0 Å². The number of amides is 1. The van der Waals surface area contributed by atoms with E-state index in [1.807, 2.05) is 54.1 Å². The standard InChI is InChI=1S/C20H22N6O/c1-13-3-6-17(11-14(13)2)22-19(27)12-21-16-7-4-15(5-8-16)20-23-24-25-26(20)18-9-10-18/h3-8,11,18,21H,9-10,12H2,1-2H3,(H,22,27). The fraction of sp³-hybridized carbons (Fsp3) is 0.300. The summed E-state index contributed by atoms with van der Waals surface area (Å²) in [5, 5.41) is 18.0. The first-order valence-electron chi connectivity index (χ1n) is 9.09. The van der Waals surface area contributed by atoms with Crippen molar-refractivity contribution in [1.82, 2.24) is 20.2 Å². The average molecular weight is 362 g/mol. The van der Waals surface area contributed by atoms with Gasteiger partial charge in [-0.15, -0.1) is 5.10 Å². The van der Waals surface area contributed by atoms with Crippen LogP contribution in [0.5, 0.6) is 0 Å². The second-order valence-corrected chi connectivity index (χ2v) is 6.96. The largest absolute Gasteiger partial charge is 0.376 e. The van der Waals surface area contributed by atoms with E-state index in [-0.39, 0.29) is 12.5 Å². The molecule has 0 aliphatic heterocycles.